The molecule has 0 bridgehead atoms. The van der Waals surface area contributed by atoms with Crippen molar-refractivity contribution in [2.24, 2.45) is 16.1 Å². The molecule has 2 heteroatoms. The predicted octanol–water partition coefficient (Wildman–Crippen LogP) is 2.33. The zero-order valence-electron chi connectivity index (χ0n) is 8.43. The SMILES string of the molecule is CC(N)=NC(C)CC1(C)CCC1. The van der Waals surface area contributed by atoms with Crippen LogP contribution < -0.4 is 5.73 Å². The van der Waals surface area contributed by atoms with Crippen molar-refractivity contribution in [3.05, 3.63) is 0 Å². The lowest BCUT2D eigenvalue weighted by Gasteiger charge is -2.39. The highest BCUT2D eigenvalue weighted by atomic mass is 14.9. The van der Waals surface area contributed by atoms with Crippen LogP contribution in [0.2, 0.25) is 0 Å². The number of hydrogen-bond acceptors (Lipinski definition) is 1. The minimum absolute atomic E-state index is 0.403. The Labute approximate surface area is 75.3 Å². The molecule has 0 amide bonds. The number of rotatable bonds is 3. The van der Waals surface area contributed by atoms with Crippen LogP contribution in [0, 0.1) is 5.41 Å². The van der Waals surface area contributed by atoms with Gasteiger partial charge in [-0.05, 0) is 38.5 Å². The highest BCUT2D eigenvalue weighted by Crippen LogP contribution is 2.44. The third-order valence-electron chi connectivity index (χ3n) is 2.77. The number of nitrogens with two attached hydrogens (primary N) is 1. The molecule has 0 saturated heterocycles. The summed E-state index contributed by atoms with van der Waals surface area (Å²) in [5.41, 5.74) is 6.09. The molecule has 0 aliphatic heterocycles. The molecule has 1 aliphatic carbocycles. The molecule has 1 aliphatic rings. The Morgan fingerprint density at radius 2 is 2.17 bits per heavy atom. The van der Waals surface area contributed by atoms with Gasteiger partial charge in [-0.3, -0.25) is 4.99 Å². The largest absolute Gasteiger partial charge is 0.388 e. The van der Waals surface area contributed by atoms with Crippen molar-refractivity contribution < 1.29 is 0 Å². The quantitative estimate of drug-likeness (QED) is 0.510. The molecule has 0 aromatic rings. The summed E-state index contributed by atoms with van der Waals surface area (Å²) >= 11 is 0. The second-order valence-corrected chi connectivity index (χ2v) is 4.49. The van der Waals surface area contributed by atoms with Gasteiger partial charge >= 0.3 is 0 Å². The molecular weight excluding hydrogens is 148 g/mol. The second-order valence-electron chi connectivity index (χ2n) is 4.49. The van der Waals surface area contributed by atoms with Crippen LogP contribution in [0.1, 0.15) is 46.5 Å². The average molecular weight is 168 g/mol. The number of nitrogens with zero attached hydrogens (tertiary/aromatic N) is 1. The van der Waals surface area contributed by atoms with E-state index >= 15 is 0 Å². The average Bonchev–Trinajstić information content (AvgIpc) is 1.81. The smallest absolute Gasteiger partial charge is 0.0908 e. The van der Waals surface area contributed by atoms with Gasteiger partial charge in [-0.2, -0.15) is 0 Å². The predicted molar refractivity (Wildman–Crippen MR) is 53.3 cm³/mol. The minimum atomic E-state index is 0.403. The topological polar surface area (TPSA) is 38.4 Å². The van der Waals surface area contributed by atoms with Crippen molar-refractivity contribution in [3.63, 3.8) is 0 Å². The number of amidine groups is 1. The van der Waals surface area contributed by atoms with E-state index in [2.05, 4.69) is 18.8 Å². The van der Waals surface area contributed by atoms with Crippen LogP contribution in [-0.2, 0) is 0 Å². The molecular formula is C10H20N2. The first-order valence-corrected chi connectivity index (χ1v) is 4.82. The Kier molecular flexibility index (Phi) is 2.76. The van der Waals surface area contributed by atoms with Gasteiger partial charge in [0, 0.05) is 6.04 Å². The summed E-state index contributed by atoms with van der Waals surface area (Å²) in [5, 5.41) is 0. The fourth-order valence-electron chi connectivity index (χ4n) is 2.09. The van der Waals surface area contributed by atoms with Crippen molar-refractivity contribution in [1.29, 1.82) is 0 Å². The summed E-state index contributed by atoms with van der Waals surface area (Å²) in [6, 6.07) is 0.403. The van der Waals surface area contributed by atoms with Crippen LogP contribution in [0.3, 0.4) is 0 Å². The maximum absolute atomic E-state index is 5.52. The summed E-state index contributed by atoms with van der Waals surface area (Å²) in [4.78, 5) is 4.34. The van der Waals surface area contributed by atoms with Crippen molar-refractivity contribution in [2.75, 3.05) is 0 Å². The maximum Gasteiger partial charge on any atom is 0.0908 e. The standard InChI is InChI=1S/C10H20N2/c1-8(12-9(2)11)7-10(3)5-4-6-10/h8H,4-7H2,1-3H3,(H2,11,12). The molecule has 0 aromatic carbocycles. The van der Waals surface area contributed by atoms with Crippen LogP contribution >= 0.6 is 0 Å². The van der Waals surface area contributed by atoms with Gasteiger partial charge in [0.1, 0.15) is 0 Å². The molecule has 1 rings (SSSR count). The molecule has 0 radical (unpaired) electrons. The van der Waals surface area contributed by atoms with Gasteiger partial charge in [0.15, 0.2) is 0 Å². The first kappa shape index (κ1) is 9.56. The van der Waals surface area contributed by atoms with Crippen LogP contribution in [0.5, 0.6) is 0 Å². The molecule has 70 valence electrons. The Balaban J connectivity index is 2.35. The Morgan fingerprint density at radius 3 is 2.50 bits per heavy atom. The second kappa shape index (κ2) is 3.46. The van der Waals surface area contributed by atoms with Crippen LogP contribution in [0.15, 0.2) is 4.99 Å². The third-order valence-corrected chi connectivity index (χ3v) is 2.77. The van der Waals surface area contributed by atoms with E-state index in [1.165, 1.54) is 25.7 Å². The number of hydrogen-bond donors (Lipinski definition) is 1. The van der Waals surface area contributed by atoms with Crippen LogP contribution in [0.4, 0.5) is 0 Å². The van der Waals surface area contributed by atoms with Gasteiger partial charge in [-0.15, -0.1) is 0 Å². The fourth-order valence-corrected chi connectivity index (χ4v) is 2.09. The maximum atomic E-state index is 5.52. The lowest BCUT2D eigenvalue weighted by Crippen LogP contribution is -2.29. The molecule has 0 spiro atoms. The number of aliphatic imine (C=N–C) groups is 1. The molecule has 0 heterocycles. The Bertz CT molecular complexity index is 176. The Hall–Kier alpha value is -0.530. The lowest BCUT2D eigenvalue weighted by molar-refractivity contribution is 0.137. The normalized spacial score (nSPS) is 24.8. The third kappa shape index (κ3) is 2.50. The van der Waals surface area contributed by atoms with Crippen molar-refractivity contribution in [3.8, 4) is 0 Å². The Morgan fingerprint density at radius 1 is 1.58 bits per heavy atom. The van der Waals surface area contributed by atoms with Crippen molar-refractivity contribution >= 4 is 5.84 Å². The molecule has 1 fully saturated rings. The lowest BCUT2D eigenvalue weighted by atomic mass is 9.67. The highest BCUT2D eigenvalue weighted by Gasteiger charge is 2.32. The first-order valence-electron chi connectivity index (χ1n) is 4.82. The van der Waals surface area contributed by atoms with E-state index in [1.807, 2.05) is 6.92 Å². The zero-order valence-corrected chi connectivity index (χ0v) is 8.43. The first-order chi connectivity index (χ1) is 5.52. The van der Waals surface area contributed by atoms with E-state index in [-0.39, 0.29) is 0 Å². The highest BCUT2D eigenvalue weighted by molar-refractivity contribution is 5.77. The van der Waals surface area contributed by atoms with Gasteiger partial charge in [0.2, 0.25) is 0 Å². The van der Waals surface area contributed by atoms with E-state index in [4.69, 9.17) is 5.73 Å². The summed E-state index contributed by atoms with van der Waals surface area (Å²) in [5.74, 6) is 0.713. The molecule has 2 nitrogen and oxygen atoms in total. The van der Waals surface area contributed by atoms with Gasteiger partial charge < -0.3 is 5.73 Å². The van der Waals surface area contributed by atoms with E-state index in [9.17, 15) is 0 Å². The van der Waals surface area contributed by atoms with E-state index < -0.39 is 0 Å². The fraction of sp³-hybridized carbons (Fsp3) is 0.900. The minimum Gasteiger partial charge on any atom is -0.388 e. The molecule has 2 N–H and O–H groups in total. The molecule has 1 unspecified atom stereocenters. The van der Waals surface area contributed by atoms with Crippen molar-refractivity contribution in [1.82, 2.24) is 0 Å². The van der Waals surface area contributed by atoms with E-state index in [1.54, 1.807) is 0 Å². The molecule has 0 aromatic heterocycles. The van der Waals surface area contributed by atoms with Crippen LogP contribution in [0.25, 0.3) is 0 Å². The van der Waals surface area contributed by atoms with Crippen molar-refractivity contribution in [2.45, 2.75) is 52.5 Å². The van der Waals surface area contributed by atoms with E-state index in [0.717, 1.165) is 0 Å². The van der Waals surface area contributed by atoms with Crippen LogP contribution in [-0.4, -0.2) is 11.9 Å². The molecule has 1 atom stereocenters. The summed E-state index contributed by atoms with van der Waals surface area (Å²) in [6.45, 7) is 6.37. The zero-order chi connectivity index (χ0) is 9.19. The monoisotopic (exact) mass is 168 g/mol. The molecule has 12 heavy (non-hydrogen) atoms. The van der Waals surface area contributed by atoms with Gasteiger partial charge in [0.25, 0.3) is 0 Å². The van der Waals surface area contributed by atoms with E-state index in [0.29, 0.717) is 17.3 Å². The van der Waals surface area contributed by atoms with Gasteiger partial charge in [-0.25, -0.2) is 0 Å². The summed E-state index contributed by atoms with van der Waals surface area (Å²) in [6.07, 6.45) is 5.34. The summed E-state index contributed by atoms with van der Waals surface area (Å²) < 4.78 is 0. The molecule has 1 saturated carbocycles. The van der Waals surface area contributed by atoms with Gasteiger partial charge in [-0.1, -0.05) is 13.3 Å². The van der Waals surface area contributed by atoms with Gasteiger partial charge in [0.05, 0.1) is 5.84 Å². The summed E-state index contributed by atoms with van der Waals surface area (Å²) in [7, 11) is 0.